The van der Waals surface area contributed by atoms with Gasteiger partial charge in [-0.15, -0.1) is 0 Å². The van der Waals surface area contributed by atoms with Crippen molar-refractivity contribution in [3.8, 4) is 0 Å². The minimum absolute atomic E-state index is 0.220. The summed E-state index contributed by atoms with van der Waals surface area (Å²) >= 11 is 0. The third-order valence-electron chi connectivity index (χ3n) is 5.08. The van der Waals surface area contributed by atoms with Gasteiger partial charge in [0, 0.05) is 19.0 Å². The summed E-state index contributed by atoms with van der Waals surface area (Å²) in [5, 5.41) is 6.24. The number of hydrogen-bond acceptors (Lipinski definition) is 2. The summed E-state index contributed by atoms with van der Waals surface area (Å²) in [6.45, 7) is 2.80. The molecule has 0 heterocycles. The van der Waals surface area contributed by atoms with Gasteiger partial charge in [0.15, 0.2) is 0 Å². The molecule has 1 unspecified atom stereocenters. The molecule has 22 heavy (non-hydrogen) atoms. The first kappa shape index (κ1) is 17.0. The van der Waals surface area contributed by atoms with Gasteiger partial charge in [-0.05, 0) is 50.6 Å². The third-order valence-corrected chi connectivity index (χ3v) is 5.08. The van der Waals surface area contributed by atoms with E-state index in [-0.39, 0.29) is 11.3 Å². The molecule has 0 radical (unpaired) electrons. The molecule has 0 spiro atoms. The van der Waals surface area contributed by atoms with E-state index in [1.165, 1.54) is 31.2 Å². The number of hydrogen-bond donors (Lipinski definition) is 2. The van der Waals surface area contributed by atoms with Crippen molar-refractivity contribution in [2.24, 2.45) is 5.41 Å². The topological polar surface area (TPSA) is 41.1 Å². The van der Waals surface area contributed by atoms with Crippen molar-refractivity contribution >= 4 is 5.91 Å². The van der Waals surface area contributed by atoms with Crippen LogP contribution in [-0.4, -0.2) is 25.5 Å². The van der Waals surface area contributed by atoms with Crippen molar-refractivity contribution in [1.29, 1.82) is 0 Å². The SMILES string of the molecule is CNC(C)CNC(=O)CC1(CCc2ccccc2)CCCC1. The molecule has 1 fully saturated rings. The maximum absolute atomic E-state index is 12.3. The first-order chi connectivity index (χ1) is 10.6. The number of nitrogens with one attached hydrogen (secondary N) is 2. The highest BCUT2D eigenvalue weighted by molar-refractivity contribution is 5.76. The molecule has 0 aliphatic heterocycles. The Morgan fingerprint density at radius 1 is 1.23 bits per heavy atom. The quantitative estimate of drug-likeness (QED) is 0.773. The Balaban J connectivity index is 1.86. The van der Waals surface area contributed by atoms with Gasteiger partial charge in [0.05, 0.1) is 0 Å². The van der Waals surface area contributed by atoms with Gasteiger partial charge in [0.25, 0.3) is 0 Å². The second-order valence-electron chi connectivity index (χ2n) is 6.86. The standard InChI is InChI=1S/C19H30N2O/c1-16(20-2)15-21-18(22)14-19(11-6-7-12-19)13-10-17-8-4-3-5-9-17/h3-5,8-9,16,20H,6-7,10-15H2,1-2H3,(H,21,22). The van der Waals surface area contributed by atoms with Crippen molar-refractivity contribution in [3.63, 3.8) is 0 Å². The number of likely N-dealkylation sites (N-methyl/N-ethyl adjacent to an activating group) is 1. The zero-order chi connectivity index (χ0) is 15.8. The van der Waals surface area contributed by atoms with Gasteiger partial charge in [-0.1, -0.05) is 43.2 Å². The Bertz CT molecular complexity index is 452. The van der Waals surface area contributed by atoms with Crippen molar-refractivity contribution in [3.05, 3.63) is 35.9 Å². The predicted octanol–water partition coefficient (Wildman–Crippen LogP) is 3.29. The Labute approximate surface area is 134 Å². The molecule has 2 N–H and O–H groups in total. The molecule has 1 aromatic carbocycles. The minimum atomic E-state index is 0.220. The van der Waals surface area contributed by atoms with E-state index in [0.29, 0.717) is 19.0 Å². The van der Waals surface area contributed by atoms with Crippen LogP contribution in [0.5, 0.6) is 0 Å². The number of carbonyl (C=O) groups excluding carboxylic acids is 1. The summed E-state index contributed by atoms with van der Waals surface area (Å²) < 4.78 is 0. The van der Waals surface area contributed by atoms with Gasteiger partial charge in [-0.3, -0.25) is 4.79 Å². The summed E-state index contributed by atoms with van der Waals surface area (Å²) in [6, 6.07) is 11.0. The number of amides is 1. The summed E-state index contributed by atoms with van der Waals surface area (Å²) in [7, 11) is 1.93. The van der Waals surface area contributed by atoms with Crippen molar-refractivity contribution in [1.82, 2.24) is 10.6 Å². The highest BCUT2D eigenvalue weighted by Gasteiger charge is 2.35. The van der Waals surface area contributed by atoms with Crippen LogP contribution in [0.2, 0.25) is 0 Å². The molecule has 0 bridgehead atoms. The fraction of sp³-hybridized carbons (Fsp3) is 0.632. The predicted molar refractivity (Wildman–Crippen MR) is 91.8 cm³/mol. The molecule has 122 valence electrons. The Hall–Kier alpha value is -1.35. The number of carbonyl (C=O) groups is 1. The van der Waals surface area contributed by atoms with Crippen LogP contribution in [0.1, 0.15) is 51.0 Å². The van der Waals surface area contributed by atoms with Crippen LogP contribution in [0.3, 0.4) is 0 Å². The highest BCUT2D eigenvalue weighted by atomic mass is 16.1. The normalized spacial score (nSPS) is 18.1. The van der Waals surface area contributed by atoms with Crippen LogP contribution < -0.4 is 10.6 Å². The van der Waals surface area contributed by atoms with E-state index in [4.69, 9.17) is 0 Å². The summed E-state index contributed by atoms with van der Waals surface area (Å²) in [5.74, 6) is 0.220. The van der Waals surface area contributed by atoms with Crippen LogP contribution in [0.15, 0.2) is 30.3 Å². The number of benzene rings is 1. The lowest BCUT2D eigenvalue weighted by atomic mass is 9.77. The molecule has 0 aromatic heterocycles. The van der Waals surface area contributed by atoms with Gasteiger partial charge in [-0.25, -0.2) is 0 Å². The van der Waals surface area contributed by atoms with Crippen molar-refractivity contribution in [2.75, 3.05) is 13.6 Å². The summed E-state index contributed by atoms with van der Waals surface area (Å²) in [6.07, 6.45) is 7.86. The molecule has 3 nitrogen and oxygen atoms in total. The van der Waals surface area contributed by atoms with Crippen LogP contribution in [-0.2, 0) is 11.2 Å². The molecular formula is C19H30N2O. The lowest BCUT2D eigenvalue weighted by Gasteiger charge is -2.29. The van der Waals surface area contributed by atoms with E-state index in [2.05, 4.69) is 47.9 Å². The van der Waals surface area contributed by atoms with Gasteiger partial charge < -0.3 is 10.6 Å². The Morgan fingerprint density at radius 3 is 2.55 bits per heavy atom. The second kappa shape index (κ2) is 8.33. The molecule has 1 amide bonds. The molecule has 1 aliphatic rings. The van der Waals surface area contributed by atoms with Crippen LogP contribution in [0, 0.1) is 5.41 Å². The van der Waals surface area contributed by atoms with Crippen LogP contribution in [0.25, 0.3) is 0 Å². The molecule has 3 heteroatoms. The summed E-state index contributed by atoms with van der Waals surface area (Å²) in [5.41, 5.74) is 1.61. The van der Waals surface area contributed by atoms with Gasteiger partial charge >= 0.3 is 0 Å². The third kappa shape index (κ3) is 5.13. The Kier molecular flexibility index (Phi) is 6.44. The smallest absolute Gasteiger partial charge is 0.220 e. The van der Waals surface area contributed by atoms with E-state index in [0.717, 1.165) is 12.8 Å². The molecule has 2 rings (SSSR count). The second-order valence-corrected chi connectivity index (χ2v) is 6.86. The van der Waals surface area contributed by atoms with Crippen LogP contribution in [0.4, 0.5) is 0 Å². The van der Waals surface area contributed by atoms with E-state index >= 15 is 0 Å². The maximum atomic E-state index is 12.3. The van der Waals surface area contributed by atoms with Gasteiger partial charge in [0.2, 0.25) is 5.91 Å². The zero-order valence-corrected chi connectivity index (χ0v) is 14.0. The van der Waals surface area contributed by atoms with Gasteiger partial charge in [0.1, 0.15) is 0 Å². The van der Waals surface area contributed by atoms with E-state index in [1.54, 1.807) is 0 Å². The lowest BCUT2D eigenvalue weighted by Crippen LogP contribution is -2.39. The monoisotopic (exact) mass is 302 g/mol. The largest absolute Gasteiger partial charge is 0.355 e. The minimum Gasteiger partial charge on any atom is -0.355 e. The van der Waals surface area contributed by atoms with Crippen molar-refractivity contribution < 1.29 is 4.79 Å². The first-order valence-corrected chi connectivity index (χ1v) is 8.61. The molecule has 1 aromatic rings. The number of rotatable bonds is 8. The maximum Gasteiger partial charge on any atom is 0.220 e. The summed E-state index contributed by atoms with van der Waals surface area (Å²) in [4.78, 5) is 12.3. The molecular weight excluding hydrogens is 272 g/mol. The molecule has 1 atom stereocenters. The Morgan fingerprint density at radius 2 is 1.91 bits per heavy atom. The van der Waals surface area contributed by atoms with Crippen molar-refractivity contribution in [2.45, 2.75) is 57.9 Å². The van der Waals surface area contributed by atoms with E-state index in [1.807, 2.05) is 7.05 Å². The van der Waals surface area contributed by atoms with E-state index < -0.39 is 0 Å². The fourth-order valence-electron chi connectivity index (χ4n) is 3.47. The fourth-order valence-corrected chi connectivity index (χ4v) is 3.47. The van der Waals surface area contributed by atoms with Crippen LogP contribution >= 0.6 is 0 Å². The molecule has 1 saturated carbocycles. The first-order valence-electron chi connectivity index (χ1n) is 8.61. The highest BCUT2D eigenvalue weighted by Crippen LogP contribution is 2.44. The average molecular weight is 302 g/mol. The average Bonchev–Trinajstić information content (AvgIpc) is 3.00. The zero-order valence-electron chi connectivity index (χ0n) is 14.0. The van der Waals surface area contributed by atoms with Gasteiger partial charge in [-0.2, -0.15) is 0 Å². The molecule has 1 aliphatic carbocycles. The lowest BCUT2D eigenvalue weighted by molar-refractivity contribution is -0.123. The molecule has 0 saturated heterocycles. The number of aryl methyl sites for hydroxylation is 1. The van der Waals surface area contributed by atoms with E-state index in [9.17, 15) is 4.79 Å².